The Morgan fingerprint density at radius 1 is 0.536 bits per heavy atom. The van der Waals surface area contributed by atoms with Crippen LogP contribution >= 0.6 is 0 Å². The normalized spacial score (nSPS) is 24.0. The molecule has 2 aliphatic carbocycles. The lowest BCUT2D eigenvalue weighted by Crippen LogP contribution is -2.47. The molecule has 1 heterocycles. The zero-order valence-corrected chi connectivity index (χ0v) is 18.6. The molecule has 0 aromatic rings. The van der Waals surface area contributed by atoms with Crippen LogP contribution in [0.15, 0.2) is 0 Å². The first kappa shape index (κ1) is 22.5. The Kier molecular flexibility index (Phi) is 11.2. The summed E-state index contributed by atoms with van der Waals surface area (Å²) in [5.74, 6) is 1.93. The molecular weight excluding hydrogens is 344 g/mol. The number of hydrogen-bond donors (Lipinski definition) is 2. The smallest absolute Gasteiger partial charge is 0.0110 e. The molecule has 4 heteroatoms. The molecule has 164 valence electrons. The van der Waals surface area contributed by atoms with Crippen LogP contribution in [0.4, 0.5) is 0 Å². The van der Waals surface area contributed by atoms with E-state index in [2.05, 4.69) is 20.4 Å². The molecule has 0 spiro atoms. The fourth-order valence-corrected chi connectivity index (χ4v) is 5.49. The van der Waals surface area contributed by atoms with Gasteiger partial charge < -0.3 is 20.4 Å². The van der Waals surface area contributed by atoms with Gasteiger partial charge >= 0.3 is 0 Å². The lowest BCUT2D eigenvalue weighted by molar-refractivity contribution is 0.130. The molecule has 0 amide bonds. The van der Waals surface area contributed by atoms with Crippen LogP contribution in [-0.4, -0.2) is 75.2 Å². The quantitative estimate of drug-likeness (QED) is 0.496. The van der Waals surface area contributed by atoms with Crippen molar-refractivity contribution in [3.05, 3.63) is 0 Å². The van der Waals surface area contributed by atoms with E-state index in [-0.39, 0.29) is 0 Å². The van der Waals surface area contributed by atoms with Gasteiger partial charge in [-0.15, -0.1) is 0 Å². The SMILES string of the molecule is C1CCC(CNCCCN2CCN(CCCNCC3CCCCC3)CC2)CC1. The molecule has 0 radical (unpaired) electrons. The first-order valence-electron chi connectivity index (χ1n) is 12.8. The Balaban J connectivity index is 1.11. The number of nitrogens with one attached hydrogen (secondary N) is 2. The second-order valence-electron chi connectivity index (χ2n) is 9.81. The van der Waals surface area contributed by atoms with Gasteiger partial charge in [0.2, 0.25) is 0 Å². The Labute approximate surface area is 175 Å². The van der Waals surface area contributed by atoms with Crippen LogP contribution in [0, 0.1) is 11.8 Å². The highest BCUT2D eigenvalue weighted by Crippen LogP contribution is 2.23. The molecule has 0 atom stereocenters. The zero-order valence-electron chi connectivity index (χ0n) is 18.6. The Bertz CT molecular complexity index is 333. The van der Waals surface area contributed by atoms with Crippen molar-refractivity contribution in [2.45, 2.75) is 77.0 Å². The molecule has 0 bridgehead atoms. The number of hydrogen-bond acceptors (Lipinski definition) is 4. The van der Waals surface area contributed by atoms with Crippen molar-refractivity contribution in [3.8, 4) is 0 Å². The summed E-state index contributed by atoms with van der Waals surface area (Å²) in [6.45, 7) is 12.6. The maximum atomic E-state index is 3.72. The predicted molar refractivity (Wildman–Crippen MR) is 121 cm³/mol. The van der Waals surface area contributed by atoms with Gasteiger partial charge in [0.25, 0.3) is 0 Å². The van der Waals surface area contributed by atoms with Crippen molar-refractivity contribution in [1.29, 1.82) is 0 Å². The highest BCUT2D eigenvalue weighted by molar-refractivity contribution is 4.74. The summed E-state index contributed by atoms with van der Waals surface area (Å²) < 4.78 is 0. The van der Waals surface area contributed by atoms with E-state index in [0.717, 1.165) is 11.8 Å². The van der Waals surface area contributed by atoms with E-state index < -0.39 is 0 Å². The summed E-state index contributed by atoms with van der Waals surface area (Å²) in [7, 11) is 0. The van der Waals surface area contributed by atoms with Crippen molar-refractivity contribution in [1.82, 2.24) is 20.4 Å². The fourth-order valence-electron chi connectivity index (χ4n) is 5.49. The van der Waals surface area contributed by atoms with Gasteiger partial charge in [-0.3, -0.25) is 0 Å². The molecule has 2 saturated carbocycles. The first-order chi connectivity index (χ1) is 13.9. The van der Waals surface area contributed by atoms with Gasteiger partial charge in [-0.25, -0.2) is 0 Å². The molecule has 3 fully saturated rings. The van der Waals surface area contributed by atoms with Crippen LogP contribution < -0.4 is 10.6 Å². The lowest BCUT2D eigenvalue weighted by Gasteiger charge is -2.34. The average Bonchev–Trinajstić information content (AvgIpc) is 2.76. The minimum atomic E-state index is 0.967. The zero-order chi connectivity index (χ0) is 19.3. The van der Waals surface area contributed by atoms with Gasteiger partial charge in [-0.05, 0) is 89.6 Å². The van der Waals surface area contributed by atoms with Gasteiger partial charge in [0, 0.05) is 26.2 Å². The van der Waals surface area contributed by atoms with Gasteiger partial charge in [0.1, 0.15) is 0 Å². The molecule has 0 aromatic carbocycles. The maximum Gasteiger partial charge on any atom is 0.0110 e. The Morgan fingerprint density at radius 2 is 0.929 bits per heavy atom. The Hall–Kier alpha value is -0.160. The van der Waals surface area contributed by atoms with E-state index in [9.17, 15) is 0 Å². The van der Waals surface area contributed by atoms with Crippen LogP contribution in [0.2, 0.25) is 0 Å². The van der Waals surface area contributed by atoms with Crippen molar-refractivity contribution in [2.75, 3.05) is 65.4 Å². The average molecular weight is 393 g/mol. The second kappa shape index (κ2) is 14.0. The van der Waals surface area contributed by atoms with Crippen LogP contribution in [0.1, 0.15) is 77.0 Å². The van der Waals surface area contributed by atoms with Gasteiger partial charge in [0.05, 0.1) is 0 Å². The first-order valence-corrected chi connectivity index (χ1v) is 12.8. The minimum absolute atomic E-state index is 0.967. The third-order valence-corrected chi connectivity index (χ3v) is 7.44. The van der Waals surface area contributed by atoms with E-state index in [1.165, 1.54) is 142 Å². The monoisotopic (exact) mass is 392 g/mol. The number of rotatable bonds is 12. The van der Waals surface area contributed by atoms with Crippen molar-refractivity contribution in [2.24, 2.45) is 11.8 Å². The van der Waals surface area contributed by atoms with Crippen molar-refractivity contribution >= 4 is 0 Å². The third-order valence-electron chi connectivity index (χ3n) is 7.44. The summed E-state index contributed by atoms with van der Waals surface area (Å²) in [5.41, 5.74) is 0. The van der Waals surface area contributed by atoms with Gasteiger partial charge in [-0.2, -0.15) is 0 Å². The topological polar surface area (TPSA) is 30.5 Å². The van der Waals surface area contributed by atoms with E-state index >= 15 is 0 Å². The number of nitrogens with zero attached hydrogens (tertiary/aromatic N) is 2. The molecule has 0 aromatic heterocycles. The summed E-state index contributed by atoms with van der Waals surface area (Å²) in [6.07, 6.45) is 17.3. The summed E-state index contributed by atoms with van der Waals surface area (Å²) in [4.78, 5) is 5.36. The third kappa shape index (κ3) is 9.11. The predicted octanol–water partition coefficient (Wildman–Crippen LogP) is 3.72. The molecule has 3 rings (SSSR count). The molecule has 2 N–H and O–H groups in total. The van der Waals surface area contributed by atoms with Crippen LogP contribution in [-0.2, 0) is 0 Å². The van der Waals surface area contributed by atoms with Crippen LogP contribution in [0.25, 0.3) is 0 Å². The van der Waals surface area contributed by atoms with E-state index in [0.29, 0.717) is 0 Å². The maximum absolute atomic E-state index is 3.72. The second-order valence-corrected chi connectivity index (χ2v) is 9.81. The summed E-state index contributed by atoms with van der Waals surface area (Å²) >= 11 is 0. The van der Waals surface area contributed by atoms with E-state index in [1.807, 2.05) is 0 Å². The molecule has 4 nitrogen and oxygen atoms in total. The minimum Gasteiger partial charge on any atom is -0.316 e. The number of piperazine rings is 1. The largest absolute Gasteiger partial charge is 0.316 e. The van der Waals surface area contributed by atoms with E-state index in [4.69, 9.17) is 0 Å². The standard InChI is InChI=1S/C24H48N4/c1-3-9-23(10-4-1)21-25-13-7-15-27-17-19-28(20-18-27)16-8-14-26-22-24-11-5-2-6-12-24/h23-26H,1-22H2. The molecule has 1 aliphatic heterocycles. The van der Waals surface area contributed by atoms with Gasteiger partial charge in [-0.1, -0.05) is 38.5 Å². The van der Waals surface area contributed by atoms with Crippen LogP contribution in [0.5, 0.6) is 0 Å². The molecule has 0 unspecified atom stereocenters. The summed E-state index contributed by atoms with van der Waals surface area (Å²) in [5, 5.41) is 7.45. The van der Waals surface area contributed by atoms with E-state index in [1.54, 1.807) is 0 Å². The molecular formula is C24H48N4. The van der Waals surface area contributed by atoms with Crippen molar-refractivity contribution < 1.29 is 0 Å². The molecule has 1 saturated heterocycles. The van der Waals surface area contributed by atoms with Gasteiger partial charge in [0.15, 0.2) is 0 Å². The van der Waals surface area contributed by atoms with Crippen molar-refractivity contribution in [3.63, 3.8) is 0 Å². The molecule has 28 heavy (non-hydrogen) atoms. The molecule has 3 aliphatic rings. The van der Waals surface area contributed by atoms with Crippen LogP contribution in [0.3, 0.4) is 0 Å². The summed E-state index contributed by atoms with van der Waals surface area (Å²) in [6, 6.07) is 0. The highest BCUT2D eigenvalue weighted by atomic mass is 15.3. The highest BCUT2D eigenvalue weighted by Gasteiger charge is 2.17. The Morgan fingerprint density at radius 3 is 1.32 bits per heavy atom. The lowest BCUT2D eigenvalue weighted by atomic mass is 9.89. The fraction of sp³-hybridized carbons (Fsp3) is 1.00.